The van der Waals surface area contributed by atoms with Crippen molar-refractivity contribution in [2.45, 2.75) is 17.8 Å². The predicted molar refractivity (Wildman–Crippen MR) is 165 cm³/mol. The number of hydrazone groups is 1. The third kappa shape index (κ3) is 4.10. The topological polar surface area (TPSA) is 88.1 Å². The van der Waals surface area contributed by atoms with Gasteiger partial charge in [0.05, 0.1) is 41.5 Å². The van der Waals surface area contributed by atoms with Crippen LogP contribution in [0.1, 0.15) is 33.7 Å². The van der Waals surface area contributed by atoms with E-state index in [1.807, 2.05) is 60.7 Å². The quantitative estimate of drug-likeness (QED) is 0.167. The lowest BCUT2D eigenvalue weighted by atomic mass is 9.47. The van der Waals surface area contributed by atoms with Crippen molar-refractivity contribution in [1.29, 1.82) is 0 Å². The molecule has 4 aliphatic rings. The van der Waals surface area contributed by atoms with Gasteiger partial charge in [-0.1, -0.05) is 83.9 Å². The summed E-state index contributed by atoms with van der Waals surface area (Å²) in [5.74, 6) is -2.13. The zero-order chi connectivity index (χ0) is 29.9. The van der Waals surface area contributed by atoms with Gasteiger partial charge in [0.1, 0.15) is 5.75 Å². The van der Waals surface area contributed by atoms with Crippen molar-refractivity contribution in [2.24, 2.45) is 16.9 Å². The summed E-state index contributed by atoms with van der Waals surface area (Å²) in [6, 6.07) is 27.6. The van der Waals surface area contributed by atoms with E-state index >= 15 is 0 Å². The summed E-state index contributed by atoms with van der Waals surface area (Å²) in [6.07, 6.45) is 1.75. The van der Waals surface area contributed by atoms with E-state index in [0.29, 0.717) is 16.5 Å². The number of hydrogen-bond acceptors (Lipinski definition) is 5. The van der Waals surface area contributed by atoms with Crippen LogP contribution in [0.25, 0.3) is 0 Å². The summed E-state index contributed by atoms with van der Waals surface area (Å²) in [6.45, 7) is 0. The number of carbonyl (C=O) groups is 3. The highest BCUT2D eigenvalue weighted by Crippen LogP contribution is 2.63. The monoisotopic (exact) mass is 609 g/mol. The molecule has 0 radical (unpaired) electrons. The smallest absolute Gasteiger partial charge is 0.244 e. The van der Waals surface area contributed by atoms with Gasteiger partial charge in [-0.3, -0.25) is 14.4 Å². The van der Waals surface area contributed by atoms with E-state index in [9.17, 15) is 14.4 Å². The average Bonchev–Trinajstić information content (AvgIpc) is 3.28. The standard InChI is InChI=1S/C34H25Cl2N3O4/c1-43-21-13-10-19(11-14-21)16-28(40)38-37-18-34-24-8-4-2-6-22(24)29(23-7-3-5-9-25(23)34)30-31(34)33(42)39(32(30)41)27-15-12-20(35)17-26(27)36/h2-15,17-18,29-31H,16H2,1H3,(H,38,40)/b37-18+. The van der Waals surface area contributed by atoms with Gasteiger partial charge in [-0.25, -0.2) is 10.3 Å². The Morgan fingerprint density at radius 1 is 0.930 bits per heavy atom. The molecule has 1 fully saturated rings. The maximum Gasteiger partial charge on any atom is 0.244 e. The number of methoxy groups -OCH3 is 1. The predicted octanol–water partition coefficient (Wildman–Crippen LogP) is 5.90. The molecule has 3 amide bonds. The first-order chi connectivity index (χ1) is 20.8. The third-order valence-electron chi connectivity index (χ3n) is 8.82. The van der Waals surface area contributed by atoms with E-state index < -0.39 is 17.3 Å². The number of nitrogens with one attached hydrogen (secondary N) is 1. The van der Waals surface area contributed by atoms with E-state index in [1.165, 1.54) is 11.0 Å². The van der Waals surface area contributed by atoms with Gasteiger partial charge in [-0.15, -0.1) is 0 Å². The molecule has 43 heavy (non-hydrogen) atoms. The molecule has 4 aromatic carbocycles. The number of hydrogen-bond donors (Lipinski definition) is 1. The lowest BCUT2D eigenvalue weighted by molar-refractivity contribution is -0.123. The number of amides is 3. The SMILES string of the molecule is COc1ccc(CC(=O)N/N=C/C23c4ccccc4C(c4ccccc42)C2C(=O)N(c4ccc(Cl)cc4Cl)C(=O)C23)cc1. The Morgan fingerprint density at radius 2 is 1.58 bits per heavy atom. The summed E-state index contributed by atoms with van der Waals surface area (Å²) in [5, 5.41) is 5.08. The van der Waals surface area contributed by atoms with Gasteiger partial charge in [0, 0.05) is 17.2 Å². The van der Waals surface area contributed by atoms with Crippen LogP contribution in [0.15, 0.2) is 96.1 Å². The summed E-state index contributed by atoms with van der Waals surface area (Å²) >= 11 is 12.7. The molecule has 214 valence electrons. The molecule has 0 spiro atoms. The van der Waals surface area contributed by atoms with Crippen molar-refractivity contribution in [2.75, 3.05) is 12.0 Å². The Morgan fingerprint density at radius 3 is 2.21 bits per heavy atom. The molecule has 3 aliphatic carbocycles. The van der Waals surface area contributed by atoms with Crippen molar-refractivity contribution in [3.63, 3.8) is 0 Å². The van der Waals surface area contributed by atoms with Crippen LogP contribution >= 0.6 is 23.2 Å². The summed E-state index contributed by atoms with van der Waals surface area (Å²) in [7, 11) is 1.58. The van der Waals surface area contributed by atoms with Crippen LogP contribution in [-0.4, -0.2) is 31.0 Å². The molecule has 9 heteroatoms. The Bertz CT molecular complexity index is 1790. The Labute approximate surface area is 258 Å². The fourth-order valence-corrected chi connectivity index (χ4v) is 7.62. The summed E-state index contributed by atoms with van der Waals surface area (Å²) < 4.78 is 5.20. The van der Waals surface area contributed by atoms with E-state index in [0.717, 1.165) is 27.8 Å². The number of anilines is 1. The van der Waals surface area contributed by atoms with E-state index in [-0.39, 0.29) is 35.1 Å². The number of benzene rings is 4. The fourth-order valence-electron chi connectivity index (χ4n) is 7.12. The van der Waals surface area contributed by atoms with Gasteiger partial charge in [0.25, 0.3) is 0 Å². The van der Waals surface area contributed by atoms with Crippen LogP contribution in [0.3, 0.4) is 0 Å². The molecule has 1 N–H and O–H groups in total. The molecule has 4 aromatic rings. The lowest BCUT2D eigenvalue weighted by Gasteiger charge is -2.52. The number of carbonyl (C=O) groups excluding carboxylic acids is 3. The van der Waals surface area contributed by atoms with Crippen molar-refractivity contribution < 1.29 is 19.1 Å². The Kier molecular flexibility index (Phi) is 6.60. The number of halogens is 2. The van der Waals surface area contributed by atoms with E-state index in [1.54, 1.807) is 37.6 Å². The highest BCUT2D eigenvalue weighted by atomic mass is 35.5. The lowest BCUT2D eigenvalue weighted by Crippen LogP contribution is -2.54. The summed E-state index contributed by atoms with van der Waals surface area (Å²) in [5.41, 5.74) is 6.34. The molecule has 7 nitrogen and oxygen atoms in total. The average molecular weight is 610 g/mol. The van der Waals surface area contributed by atoms with Crippen LogP contribution in [-0.2, 0) is 26.2 Å². The molecule has 2 bridgehead atoms. The molecule has 1 saturated heterocycles. The fraction of sp³-hybridized carbons (Fsp3) is 0.176. The van der Waals surface area contributed by atoms with Crippen LogP contribution in [0.2, 0.25) is 10.0 Å². The first-order valence-corrected chi connectivity index (χ1v) is 14.6. The first kappa shape index (κ1) is 27.4. The number of rotatable bonds is 6. The van der Waals surface area contributed by atoms with Crippen molar-refractivity contribution in [1.82, 2.24) is 5.43 Å². The number of nitrogens with zero attached hydrogens (tertiary/aromatic N) is 2. The minimum absolute atomic E-state index is 0.107. The van der Waals surface area contributed by atoms with Crippen LogP contribution in [0, 0.1) is 11.8 Å². The minimum Gasteiger partial charge on any atom is -0.497 e. The van der Waals surface area contributed by atoms with Gasteiger partial charge in [0.15, 0.2) is 0 Å². The second kappa shape index (κ2) is 10.4. The number of imide groups is 1. The molecule has 2 atom stereocenters. The van der Waals surface area contributed by atoms with Crippen molar-refractivity contribution >= 4 is 52.8 Å². The second-order valence-corrected chi connectivity index (χ2v) is 11.8. The Hall–Kier alpha value is -4.46. The van der Waals surface area contributed by atoms with Gasteiger partial charge in [-0.2, -0.15) is 5.10 Å². The largest absolute Gasteiger partial charge is 0.497 e. The molecule has 1 aliphatic heterocycles. The maximum atomic E-state index is 14.4. The van der Waals surface area contributed by atoms with Gasteiger partial charge in [-0.05, 0) is 58.1 Å². The zero-order valence-electron chi connectivity index (χ0n) is 23.0. The molecular formula is C34H25Cl2N3O4. The molecule has 8 rings (SSSR count). The number of ether oxygens (including phenoxy) is 1. The molecule has 0 saturated carbocycles. The van der Waals surface area contributed by atoms with Gasteiger partial charge >= 0.3 is 0 Å². The van der Waals surface area contributed by atoms with Gasteiger partial charge < -0.3 is 4.74 Å². The molecular weight excluding hydrogens is 585 g/mol. The molecule has 1 heterocycles. The normalized spacial score (nSPS) is 23.2. The van der Waals surface area contributed by atoms with Crippen LogP contribution in [0.5, 0.6) is 5.75 Å². The highest BCUT2D eigenvalue weighted by molar-refractivity contribution is 6.38. The van der Waals surface area contributed by atoms with Crippen LogP contribution in [0.4, 0.5) is 5.69 Å². The second-order valence-electron chi connectivity index (χ2n) is 11.0. The molecule has 2 unspecified atom stereocenters. The van der Waals surface area contributed by atoms with Gasteiger partial charge in [0.2, 0.25) is 17.7 Å². The zero-order valence-corrected chi connectivity index (χ0v) is 24.5. The van der Waals surface area contributed by atoms with E-state index in [4.69, 9.17) is 27.9 Å². The maximum absolute atomic E-state index is 14.4. The van der Waals surface area contributed by atoms with Crippen LogP contribution < -0.4 is 15.1 Å². The van der Waals surface area contributed by atoms with E-state index in [2.05, 4.69) is 10.5 Å². The third-order valence-corrected chi connectivity index (χ3v) is 9.35. The summed E-state index contributed by atoms with van der Waals surface area (Å²) in [4.78, 5) is 42.8. The molecule has 0 aromatic heterocycles. The Balaban J connectivity index is 1.33. The highest BCUT2D eigenvalue weighted by Gasteiger charge is 2.68. The van der Waals surface area contributed by atoms with Crippen molar-refractivity contribution in [3.05, 3.63) is 129 Å². The van der Waals surface area contributed by atoms with Crippen molar-refractivity contribution in [3.8, 4) is 5.75 Å². The minimum atomic E-state index is -1.11. The first-order valence-electron chi connectivity index (χ1n) is 13.8.